The minimum absolute atomic E-state index is 0.0440. The van der Waals surface area contributed by atoms with E-state index in [0.29, 0.717) is 6.54 Å². The molecule has 3 rings (SSSR count). The lowest BCUT2D eigenvalue weighted by Gasteiger charge is -2.33. The lowest BCUT2D eigenvalue weighted by atomic mass is 9.95. The Bertz CT molecular complexity index is 596. The average molecular weight is 330 g/mol. The topological polar surface area (TPSA) is 73.5 Å². The Labute approximate surface area is 143 Å². The zero-order chi connectivity index (χ0) is 16.9. The van der Waals surface area contributed by atoms with E-state index in [-0.39, 0.29) is 23.9 Å². The summed E-state index contributed by atoms with van der Waals surface area (Å²) in [5.41, 5.74) is 2.54. The minimum atomic E-state index is -0.149. The fourth-order valence-corrected chi connectivity index (χ4v) is 3.46. The standard InChI is InChI=1S/C18H26N4O2/c1-19-17(23)12-22-8-6-15(7-9-22)21-18(24)16-10-13-4-2-3-5-14(13)11-20-16/h2-5,15-16,20H,6-12H2,1H3,(H,19,23)(H,21,24). The van der Waals surface area contributed by atoms with E-state index in [1.165, 1.54) is 11.1 Å². The van der Waals surface area contributed by atoms with Crippen molar-refractivity contribution in [2.75, 3.05) is 26.7 Å². The van der Waals surface area contributed by atoms with Crippen molar-refractivity contribution >= 4 is 11.8 Å². The van der Waals surface area contributed by atoms with Crippen molar-refractivity contribution in [3.63, 3.8) is 0 Å². The second-order valence-electron chi connectivity index (χ2n) is 6.64. The normalized spacial score (nSPS) is 21.8. The van der Waals surface area contributed by atoms with Gasteiger partial charge in [0.2, 0.25) is 11.8 Å². The van der Waals surface area contributed by atoms with Crippen molar-refractivity contribution < 1.29 is 9.59 Å². The lowest BCUT2D eigenvalue weighted by molar-refractivity contribution is -0.125. The molecule has 0 aliphatic carbocycles. The molecule has 2 amide bonds. The van der Waals surface area contributed by atoms with Crippen molar-refractivity contribution in [3.05, 3.63) is 35.4 Å². The Morgan fingerprint density at radius 1 is 1.21 bits per heavy atom. The number of likely N-dealkylation sites (tertiary alicyclic amines) is 1. The fraction of sp³-hybridized carbons (Fsp3) is 0.556. The van der Waals surface area contributed by atoms with Crippen LogP contribution in [0.5, 0.6) is 0 Å². The summed E-state index contributed by atoms with van der Waals surface area (Å²) in [6.45, 7) is 2.88. The molecule has 0 saturated carbocycles. The summed E-state index contributed by atoms with van der Waals surface area (Å²) in [7, 11) is 1.66. The Morgan fingerprint density at radius 2 is 1.92 bits per heavy atom. The maximum Gasteiger partial charge on any atom is 0.237 e. The number of nitrogens with one attached hydrogen (secondary N) is 3. The number of hydrogen-bond donors (Lipinski definition) is 3. The average Bonchev–Trinajstić information content (AvgIpc) is 2.62. The number of fused-ring (bicyclic) bond motifs is 1. The third-order valence-electron chi connectivity index (χ3n) is 4.98. The van der Waals surface area contributed by atoms with Crippen LogP contribution in [-0.4, -0.2) is 55.5 Å². The van der Waals surface area contributed by atoms with E-state index in [1.807, 2.05) is 12.1 Å². The van der Waals surface area contributed by atoms with Crippen molar-refractivity contribution in [2.24, 2.45) is 0 Å². The molecule has 130 valence electrons. The van der Waals surface area contributed by atoms with Crippen LogP contribution in [0.25, 0.3) is 0 Å². The Balaban J connectivity index is 1.46. The minimum Gasteiger partial charge on any atom is -0.358 e. The van der Waals surface area contributed by atoms with Crippen LogP contribution in [0, 0.1) is 0 Å². The van der Waals surface area contributed by atoms with Gasteiger partial charge in [0.1, 0.15) is 0 Å². The first kappa shape index (κ1) is 16.9. The van der Waals surface area contributed by atoms with Gasteiger partial charge in [0.25, 0.3) is 0 Å². The highest BCUT2D eigenvalue weighted by molar-refractivity contribution is 5.82. The quantitative estimate of drug-likeness (QED) is 0.728. The summed E-state index contributed by atoms with van der Waals surface area (Å²) < 4.78 is 0. The molecule has 1 fully saturated rings. The van der Waals surface area contributed by atoms with E-state index < -0.39 is 0 Å². The van der Waals surface area contributed by atoms with Gasteiger partial charge in [-0.15, -0.1) is 0 Å². The molecule has 1 unspecified atom stereocenters. The van der Waals surface area contributed by atoms with Gasteiger partial charge in [-0.1, -0.05) is 24.3 Å². The monoisotopic (exact) mass is 330 g/mol. The number of carbonyl (C=O) groups excluding carboxylic acids is 2. The van der Waals surface area contributed by atoms with Crippen LogP contribution in [-0.2, 0) is 22.6 Å². The second kappa shape index (κ2) is 7.77. The summed E-state index contributed by atoms with van der Waals surface area (Å²) in [5, 5.41) is 9.16. The lowest BCUT2D eigenvalue weighted by Crippen LogP contribution is -2.53. The van der Waals surface area contributed by atoms with Gasteiger partial charge in [0.15, 0.2) is 0 Å². The summed E-state index contributed by atoms with van der Waals surface area (Å²) in [5.74, 6) is 0.136. The Morgan fingerprint density at radius 3 is 2.62 bits per heavy atom. The van der Waals surface area contributed by atoms with Gasteiger partial charge in [-0.25, -0.2) is 0 Å². The van der Waals surface area contributed by atoms with Crippen LogP contribution in [0.15, 0.2) is 24.3 Å². The summed E-state index contributed by atoms with van der Waals surface area (Å²) in [4.78, 5) is 26.1. The number of benzene rings is 1. The molecular formula is C18H26N4O2. The molecule has 2 aliphatic heterocycles. The van der Waals surface area contributed by atoms with Gasteiger partial charge >= 0.3 is 0 Å². The van der Waals surface area contributed by atoms with Gasteiger partial charge in [-0.2, -0.15) is 0 Å². The molecule has 1 aromatic carbocycles. The van der Waals surface area contributed by atoms with Gasteiger partial charge in [-0.05, 0) is 30.4 Å². The number of hydrogen-bond acceptors (Lipinski definition) is 4. The first-order valence-corrected chi connectivity index (χ1v) is 8.69. The first-order valence-electron chi connectivity index (χ1n) is 8.69. The van der Waals surface area contributed by atoms with Crippen molar-refractivity contribution in [1.29, 1.82) is 0 Å². The molecule has 0 bridgehead atoms. The van der Waals surface area contributed by atoms with Crippen molar-refractivity contribution in [1.82, 2.24) is 20.9 Å². The number of rotatable bonds is 4. The summed E-state index contributed by atoms with van der Waals surface area (Å²) in [6, 6.07) is 8.34. The van der Waals surface area contributed by atoms with Crippen LogP contribution < -0.4 is 16.0 Å². The molecule has 24 heavy (non-hydrogen) atoms. The van der Waals surface area contributed by atoms with E-state index in [4.69, 9.17) is 0 Å². The Hall–Kier alpha value is -1.92. The van der Waals surface area contributed by atoms with Crippen LogP contribution in [0.2, 0.25) is 0 Å². The number of piperidine rings is 1. The molecule has 6 nitrogen and oxygen atoms in total. The van der Waals surface area contributed by atoms with E-state index in [1.54, 1.807) is 7.05 Å². The molecular weight excluding hydrogens is 304 g/mol. The van der Waals surface area contributed by atoms with Gasteiger partial charge in [0.05, 0.1) is 12.6 Å². The summed E-state index contributed by atoms with van der Waals surface area (Å²) >= 11 is 0. The molecule has 2 aliphatic rings. The molecule has 0 aromatic heterocycles. The predicted molar refractivity (Wildman–Crippen MR) is 92.4 cm³/mol. The molecule has 0 radical (unpaired) electrons. The number of carbonyl (C=O) groups is 2. The third kappa shape index (κ3) is 4.13. The predicted octanol–water partition coefficient (Wildman–Crippen LogP) is 0.0275. The molecule has 1 saturated heterocycles. The maximum atomic E-state index is 12.5. The van der Waals surface area contributed by atoms with Crippen molar-refractivity contribution in [2.45, 2.75) is 37.9 Å². The smallest absolute Gasteiger partial charge is 0.237 e. The van der Waals surface area contributed by atoms with Gasteiger partial charge in [-0.3, -0.25) is 14.5 Å². The fourth-order valence-electron chi connectivity index (χ4n) is 3.46. The SMILES string of the molecule is CNC(=O)CN1CCC(NC(=O)C2Cc3ccccc3CN2)CC1. The summed E-state index contributed by atoms with van der Waals surface area (Å²) in [6.07, 6.45) is 2.54. The van der Waals surface area contributed by atoms with Crippen LogP contribution >= 0.6 is 0 Å². The molecule has 1 aromatic rings. The van der Waals surface area contributed by atoms with E-state index >= 15 is 0 Å². The maximum absolute atomic E-state index is 12.5. The van der Waals surface area contributed by atoms with Gasteiger partial charge < -0.3 is 16.0 Å². The molecule has 6 heteroatoms. The van der Waals surface area contributed by atoms with Gasteiger partial charge in [0, 0.05) is 32.7 Å². The largest absolute Gasteiger partial charge is 0.358 e. The van der Waals surface area contributed by atoms with Crippen molar-refractivity contribution in [3.8, 4) is 0 Å². The van der Waals surface area contributed by atoms with Crippen LogP contribution in [0.4, 0.5) is 0 Å². The highest BCUT2D eigenvalue weighted by Crippen LogP contribution is 2.17. The van der Waals surface area contributed by atoms with E-state index in [9.17, 15) is 9.59 Å². The zero-order valence-electron chi connectivity index (χ0n) is 14.2. The Kier molecular flexibility index (Phi) is 5.48. The second-order valence-corrected chi connectivity index (χ2v) is 6.64. The zero-order valence-corrected chi connectivity index (χ0v) is 14.2. The van der Waals surface area contributed by atoms with E-state index in [0.717, 1.165) is 38.9 Å². The molecule has 1 atom stereocenters. The molecule has 3 N–H and O–H groups in total. The number of likely N-dealkylation sites (N-methyl/N-ethyl adjacent to an activating group) is 1. The number of amides is 2. The van der Waals surface area contributed by atoms with Crippen LogP contribution in [0.1, 0.15) is 24.0 Å². The highest BCUT2D eigenvalue weighted by atomic mass is 16.2. The number of nitrogens with zero attached hydrogens (tertiary/aromatic N) is 1. The highest BCUT2D eigenvalue weighted by Gasteiger charge is 2.27. The van der Waals surface area contributed by atoms with E-state index in [2.05, 4.69) is 33.0 Å². The third-order valence-corrected chi connectivity index (χ3v) is 4.98. The van der Waals surface area contributed by atoms with Crippen LogP contribution in [0.3, 0.4) is 0 Å². The molecule has 0 spiro atoms. The first-order chi connectivity index (χ1) is 11.7. The molecule has 2 heterocycles.